The Kier molecular flexibility index (Phi) is 14.2. The summed E-state index contributed by atoms with van der Waals surface area (Å²) in [5.41, 5.74) is 2.15. The van der Waals surface area contributed by atoms with E-state index in [4.69, 9.17) is 33.7 Å². The second-order valence-corrected chi connectivity index (χ2v) is 38.7. The number of halogens is 1. The molecule has 2 aliphatic rings. The predicted molar refractivity (Wildman–Crippen MR) is 241 cm³/mol. The highest BCUT2D eigenvalue weighted by atomic mass is 79.9. The molecule has 56 heavy (non-hydrogen) atoms. The number of carbonyl (C=O) groups is 1. The van der Waals surface area contributed by atoms with Gasteiger partial charge in [-0.05, 0) is 92.6 Å². The van der Waals surface area contributed by atoms with Crippen LogP contribution in [0.3, 0.4) is 0 Å². The van der Waals surface area contributed by atoms with Crippen molar-refractivity contribution in [3.05, 3.63) is 27.6 Å². The Balaban J connectivity index is 1.54. The smallest absolute Gasteiger partial charge is 0.410 e. The summed E-state index contributed by atoms with van der Waals surface area (Å²) in [4.78, 5) is 28.9. The fraction of sp³-hybridized carbons (Fsp3) is 0.750. The fourth-order valence-electron chi connectivity index (χ4n) is 6.93. The van der Waals surface area contributed by atoms with Crippen LogP contribution < -0.4 is 4.90 Å². The summed E-state index contributed by atoms with van der Waals surface area (Å²) in [7, 11) is -4.54. The lowest BCUT2D eigenvalue weighted by Gasteiger charge is -2.39. The Morgan fingerprint density at radius 1 is 0.911 bits per heavy atom. The topological polar surface area (TPSA) is 104 Å². The van der Waals surface area contributed by atoms with Crippen LogP contribution in [0.2, 0.25) is 69.5 Å². The molecule has 3 atom stereocenters. The van der Waals surface area contributed by atoms with Crippen LogP contribution in [0, 0.1) is 0 Å². The van der Waals surface area contributed by atoms with Crippen molar-refractivity contribution in [1.29, 1.82) is 0 Å². The largest absolute Gasteiger partial charge is 0.444 e. The summed E-state index contributed by atoms with van der Waals surface area (Å²) < 4.78 is 28.2. The maximum absolute atomic E-state index is 13.4. The molecule has 5 heterocycles. The van der Waals surface area contributed by atoms with Gasteiger partial charge in [-0.1, -0.05) is 60.1 Å². The van der Waals surface area contributed by atoms with Crippen LogP contribution in [0.25, 0.3) is 16.1 Å². The van der Waals surface area contributed by atoms with Gasteiger partial charge >= 0.3 is 6.09 Å². The minimum atomic E-state index is -1.95. The third kappa shape index (κ3) is 11.5. The van der Waals surface area contributed by atoms with Crippen molar-refractivity contribution < 1.29 is 23.4 Å². The quantitative estimate of drug-likeness (QED) is 0.0789. The molecular weight excluding hydrogens is 841 g/mol. The number of hydrogen-bond acceptors (Lipinski definition) is 10. The SMILES string of the molecule is CC(C)(C)OC(=O)N1[C@@H]2CC[C@H]1CC(c1nc3c(-c4cnc(CO[Si](C)(C)C(C)(C)C)s4)cnn3c(N(COCC[Si](C)(C)C)COCC[Si](C)(C)C)c1Br)C2. The third-order valence-corrected chi connectivity index (χ3v) is 20.9. The van der Waals surface area contributed by atoms with Crippen LogP contribution in [-0.4, -0.2) is 99.4 Å². The number of thiazole rings is 1. The number of amides is 1. The zero-order chi connectivity index (χ0) is 41.4. The molecule has 16 heteroatoms. The van der Waals surface area contributed by atoms with E-state index in [0.717, 1.165) is 74.9 Å². The summed E-state index contributed by atoms with van der Waals surface area (Å²) in [6, 6.07) is 2.35. The van der Waals surface area contributed by atoms with Crippen LogP contribution in [-0.2, 0) is 25.2 Å². The molecule has 3 aromatic heterocycles. The molecule has 2 saturated heterocycles. The molecule has 0 saturated carbocycles. The molecule has 0 aromatic carbocycles. The van der Waals surface area contributed by atoms with Crippen LogP contribution >= 0.6 is 27.3 Å². The molecule has 0 aliphatic carbocycles. The highest BCUT2D eigenvalue weighted by Crippen LogP contribution is 2.47. The number of anilines is 1. The van der Waals surface area contributed by atoms with Crippen molar-refractivity contribution in [3.63, 3.8) is 0 Å². The maximum atomic E-state index is 13.4. The third-order valence-electron chi connectivity index (χ3n) is 11.3. The van der Waals surface area contributed by atoms with Crippen molar-refractivity contribution in [3.8, 4) is 10.4 Å². The molecule has 3 aromatic rings. The first-order valence-corrected chi connectivity index (χ1v) is 32.3. The normalized spacial score (nSPS) is 19.6. The van der Waals surface area contributed by atoms with E-state index in [1.807, 2.05) is 42.6 Å². The number of carbonyl (C=O) groups excluding carboxylic acids is 1. The van der Waals surface area contributed by atoms with Gasteiger partial charge in [-0.2, -0.15) is 9.61 Å². The number of ether oxygens (including phenoxy) is 3. The molecule has 2 fully saturated rings. The molecule has 1 amide bonds. The van der Waals surface area contributed by atoms with Crippen molar-refractivity contribution in [2.75, 3.05) is 31.6 Å². The summed E-state index contributed by atoms with van der Waals surface area (Å²) in [5.74, 6) is 0.995. The number of rotatable bonds is 16. The van der Waals surface area contributed by atoms with Gasteiger partial charge in [-0.3, -0.25) is 0 Å². The predicted octanol–water partition coefficient (Wildman–Crippen LogP) is 11.2. The van der Waals surface area contributed by atoms with E-state index in [0.29, 0.717) is 33.3 Å². The lowest BCUT2D eigenvalue weighted by atomic mass is 9.88. The summed E-state index contributed by atoms with van der Waals surface area (Å²) in [6.07, 6.45) is 7.21. The second-order valence-electron chi connectivity index (χ2n) is 20.8. The van der Waals surface area contributed by atoms with Crippen molar-refractivity contribution in [1.82, 2.24) is 24.5 Å². The van der Waals surface area contributed by atoms with E-state index in [2.05, 4.69) is 94.0 Å². The zero-order valence-corrected chi connectivity index (χ0v) is 42.1. The Bertz CT molecular complexity index is 1780. The van der Waals surface area contributed by atoms with E-state index in [9.17, 15) is 4.79 Å². The fourth-order valence-corrected chi connectivity index (χ4v) is 11.1. The van der Waals surface area contributed by atoms with Gasteiger partial charge in [0.15, 0.2) is 19.8 Å². The molecule has 0 radical (unpaired) electrons. The van der Waals surface area contributed by atoms with Crippen molar-refractivity contribution in [2.45, 2.75) is 167 Å². The molecular formula is C40H69BrN6O5SSi3. The van der Waals surface area contributed by atoms with Gasteiger partial charge in [-0.15, -0.1) is 11.3 Å². The average molecular weight is 910 g/mol. The Hall–Kier alpha value is -1.67. The van der Waals surface area contributed by atoms with Crippen molar-refractivity contribution in [2.24, 2.45) is 0 Å². The van der Waals surface area contributed by atoms with Crippen LogP contribution in [0.15, 0.2) is 16.9 Å². The Morgan fingerprint density at radius 2 is 1.48 bits per heavy atom. The minimum absolute atomic E-state index is 0.0993. The van der Waals surface area contributed by atoms with Crippen LogP contribution in [0.1, 0.15) is 83.8 Å². The Morgan fingerprint density at radius 3 is 2.00 bits per heavy atom. The zero-order valence-electron chi connectivity index (χ0n) is 36.7. The van der Waals surface area contributed by atoms with Gasteiger partial charge in [0.1, 0.15) is 24.1 Å². The molecule has 1 unspecified atom stereocenters. The first-order chi connectivity index (χ1) is 25.8. The van der Waals surface area contributed by atoms with E-state index in [-0.39, 0.29) is 29.1 Å². The monoisotopic (exact) mass is 908 g/mol. The summed E-state index contributed by atoms with van der Waals surface area (Å²) >= 11 is 5.74. The number of nitrogens with zero attached hydrogens (tertiary/aromatic N) is 6. The molecule has 314 valence electrons. The van der Waals surface area contributed by atoms with Gasteiger partial charge in [0.25, 0.3) is 0 Å². The maximum Gasteiger partial charge on any atom is 0.410 e. The van der Waals surface area contributed by atoms with Gasteiger partial charge < -0.3 is 28.4 Å². The van der Waals surface area contributed by atoms with Gasteiger partial charge in [0.2, 0.25) is 0 Å². The van der Waals surface area contributed by atoms with E-state index in [1.165, 1.54) is 0 Å². The van der Waals surface area contributed by atoms with Gasteiger partial charge in [-0.25, -0.2) is 14.8 Å². The highest BCUT2D eigenvalue weighted by molar-refractivity contribution is 9.10. The van der Waals surface area contributed by atoms with Crippen molar-refractivity contribution >= 4 is 69.3 Å². The average Bonchev–Trinajstić information content (AvgIpc) is 3.76. The number of piperidine rings is 1. The Labute approximate surface area is 351 Å². The first-order valence-electron chi connectivity index (χ1n) is 20.4. The van der Waals surface area contributed by atoms with E-state index in [1.54, 1.807) is 11.3 Å². The van der Waals surface area contributed by atoms with E-state index < -0.39 is 30.1 Å². The number of hydrogen-bond donors (Lipinski definition) is 0. The van der Waals surface area contributed by atoms with Crippen LogP contribution in [0.4, 0.5) is 10.6 Å². The highest BCUT2D eigenvalue weighted by Gasteiger charge is 2.46. The molecule has 5 rings (SSSR count). The molecule has 2 bridgehead atoms. The molecule has 0 N–H and O–H groups in total. The van der Waals surface area contributed by atoms with Gasteiger partial charge in [0, 0.05) is 53.6 Å². The van der Waals surface area contributed by atoms with Gasteiger partial charge in [0.05, 0.1) is 33.4 Å². The molecule has 11 nitrogen and oxygen atoms in total. The standard InChI is InChI=1S/C40H69BrN6O5SSi3/c1-39(2,3)52-38(48)46-29-15-16-30(46)22-28(21-29)35-34(41)37(45(26-49-17-19-54(7,8)9)27-50-18-20-55(10,11)12)47-36(44-35)31(23-43-47)32-24-42-33(53-32)25-51-56(13,14)40(4,5)6/h23-24,28-30H,15-22,25-27H2,1-14H3/t28?,29-,30+. The lowest BCUT2D eigenvalue weighted by Crippen LogP contribution is -2.48. The van der Waals surface area contributed by atoms with Crippen LogP contribution in [0.5, 0.6) is 0 Å². The lowest BCUT2D eigenvalue weighted by molar-refractivity contribution is 0.00566. The number of aromatic nitrogens is 4. The summed E-state index contributed by atoms with van der Waals surface area (Å²) in [5, 5.41) is 6.07. The molecule has 2 aliphatic heterocycles. The molecule has 0 spiro atoms. The van der Waals surface area contributed by atoms with E-state index >= 15 is 0 Å². The number of fused-ring (bicyclic) bond motifs is 3. The summed E-state index contributed by atoms with van der Waals surface area (Å²) in [6.45, 7) is 34.0. The second kappa shape index (κ2) is 17.5. The minimum Gasteiger partial charge on any atom is -0.444 e. The first kappa shape index (κ1) is 45.4.